The van der Waals surface area contributed by atoms with Crippen molar-refractivity contribution in [2.75, 3.05) is 6.61 Å². The van der Waals surface area contributed by atoms with Gasteiger partial charge in [0.25, 0.3) is 0 Å². The highest BCUT2D eigenvalue weighted by molar-refractivity contribution is 5.77. The van der Waals surface area contributed by atoms with Crippen molar-refractivity contribution in [1.29, 1.82) is 0 Å². The Labute approximate surface area is 126 Å². The Hall–Kier alpha value is -0.610. The van der Waals surface area contributed by atoms with Crippen LogP contribution in [0.3, 0.4) is 0 Å². The Morgan fingerprint density at radius 2 is 1.76 bits per heavy atom. The Balaban J connectivity index is 1.34. The molecule has 4 nitrogen and oxygen atoms in total. The van der Waals surface area contributed by atoms with E-state index in [1.54, 1.807) is 0 Å². The molecule has 21 heavy (non-hydrogen) atoms. The summed E-state index contributed by atoms with van der Waals surface area (Å²) in [6.07, 6.45) is 5.63. The quantitative estimate of drug-likeness (QED) is 0.593. The fourth-order valence-corrected chi connectivity index (χ4v) is 4.34. The first-order chi connectivity index (χ1) is 9.97. The van der Waals surface area contributed by atoms with Crippen molar-refractivity contribution in [2.45, 2.75) is 70.9 Å². The highest BCUT2D eigenvalue weighted by Crippen LogP contribution is 2.50. The number of fused-ring (bicyclic) bond motifs is 2. The van der Waals surface area contributed by atoms with E-state index in [2.05, 4.69) is 20.8 Å². The molecule has 2 saturated heterocycles. The second kappa shape index (κ2) is 4.69. The summed E-state index contributed by atoms with van der Waals surface area (Å²) < 4.78 is 17.0. The monoisotopic (exact) mass is 294 g/mol. The van der Waals surface area contributed by atoms with Gasteiger partial charge < -0.3 is 14.2 Å². The SMILES string of the molecule is CC1CC2OC2CC1COC(=O)C1(C)CC2OC2CC1C. The summed E-state index contributed by atoms with van der Waals surface area (Å²) in [7, 11) is 0. The lowest BCUT2D eigenvalue weighted by atomic mass is 9.68. The van der Waals surface area contributed by atoms with Gasteiger partial charge in [0, 0.05) is 0 Å². The number of hydrogen-bond acceptors (Lipinski definition) is 4. The minimum Gasteiger partial charge on any atom is -0.465 e. The number of epoxide rings is 2. The molecule has 0 bridgehead atoms. The van der Waals surface area contributed by atoms with E-state index in [1.807, 2.05) is 0 Å². The van der Waals surface area contributed by atoms with Crippen LogP contribution in [0.1, 0.15) is 46.5 Å². The molecule has 0 N–H and O–H groups in total. The van der Waals surface area contributed by atoms with Crippen molar-refractivity contribution in [3.8, 4) is 0 Å². The Bertz CT molecular complexity index is 450. The second-order valence-electron chi connectivity index (χ2n) is 7.99. The number of esters is 1. The largest absolute Gasteiger partial charge is 0.465 e. The number of carbonyl (C=O) groups is 1. The molecule has 0 aromatic carbocycles. The smallest absolute Gasteiger partial charge is 0.312 e. The molecule has 8 atom stereocenters. The van der Waals surface area contributed by atoms with Crippen LogP contribution in [-0.4, -0.2) is 37.0 Å². The molecular formula is C17H26O4. The minimum absolute atomic E-state index is 0.0185. The van der Waals surface area contributed by atoms with Gasteiger partial charge in [0.1, 0.15) is 0 Å². The third-order valence-corrected chi connectivity index (χ3v) is 6.51. The summed E-state index contributed by atoms with van der Waals surface area (Å²) in [4.78, 5) is 12.6. The van der Waals surface area contributed by atoms with E-state index in [-0.39, 0.29) is 11.4 Å². The van der Waals surface area contributed by atoms with Gasteiger partial charge in [-0.1, -0.05) is 13.8 Å². The van der Waals surface area contributed by atoms with Crippen molar-refractivity contribution in [3.63, 3.8) is 0 Å². The van der Waals surface area contributed by atoms with Gasteiger partial charge in [-0.25, -0.2) is 0 Å². The lowest BCUT2D eigenvalue weighted by Gasteiger charge is -2.36. The van der Waals surface area contributed by atoms with Crippen LogP contribution in [0, 0.1) is 23.2 Å². The Kier molecular flexibility index (Phi) is 3.13. The average Bonchev–Trinajstić information content (AvgIpc) is 3.32. The topological polar surface area (TPSA) is 51.4 Å². The van der Waals surface area contributed by atoms with E-state index in [9.17, 15) is 4.79 Å². The number of rotatable bonds is 3. The van der Waals surface area contributed by atoms with E-state index in [1.165, 1.54) is 0 Å². The molecule has 4 aliphatic rings. The molecule has 4 heteroatoms. The van der Waals surface area contributed by atoms with Gasteiger partial charge in [-0.2, -0.15) is 0 Å². The van der Waals surface area contributed by atoms with Crippen molar-refractivity contribution in [2.24, 2.45) is 23.2 Å². The molecule has 2 saturated carbocycles. The molecule has 118 valence electrons. The van der Waals surface area contributed by atoms with Gasteiger partial charge in [0.15, 0.2) is 0 Å². The average molecular weight is 294 g/mol. The molecule has 8 unspecified atom stereocenters. The number of carbonyl (C=O) groups excluding carboxylic acids is 1. The highest BCUT2D eigenvalue weighted by Gasteiger charge is 2.56. The lowest BCUT2D eigenvalue weighted by Crippen LogP contribution is -2.42. The van der Waals surface area contributed by atoms with Crippen LogP contribution in [0.4, 0.5) is 0 Å². The van der Waals surface area contributed by atoms with Crippen LogP contribution < -0.4 is 0 Å². The molecule has 2 aliphatic carbocycles. The van der Waals surface area contributed by atoms with Crippen LogP contribution in [-0.2, 0) is 19.0 Å². The molecule has 2 aliphatic heterocycles. The fraction of sp³-hybridized carbons (Fsp3) is 0.941. The third-order valence-electron chi connectivity index (χ3n) is 6.51. The fourth-order valence-electron chi connectivity index (χ4n) is 4.34. The summed E-state index contributed by atoms with van der Waals surface area (Å²) in [6.45, 7) is 7.03. The number of hydrogen-bond donors (Lipinski definition) is 0. The van der Waals surface area contributed by atoms with Crippen molar-refractivity contribution in [1.82, 2.24) is 0 Å². The van der Waals surface area contributed by atoms with Gasteiger partial charge >= 0.3 is 5.97 Å². The van der Waals surface area contributed by atoms with Crippen LogP contribution in [0.5, 0.6) is 0 Å². The second-order valence-corrected chi connectivity index (χ2v) is 7.99. The summed E-state index contributed by atoms with van der Waals surface area (Å²) in [6, 6.07) is 0. The van der Waals surface area contributed by atoms with E-state index >= 15 is 0 Å². The van der Waals surface area contributed by atoms with Crippen LogP contribution in [0.25, 0.3) is 0 Å². The predicted octanol–water partition coefficient (Wildman–Crippen LogP) is 2.55. The summed E-state index contributed by atoms with van der Waals surface area (Å²) in [5, 5.41) is 0. The molecule has 2 heterocycles. The van der Waals surface area contributed by atoms with Crippen molar-refractivity contribution >= 4 is 5.97 Å². The van der Waals surface area contributed by atoms with Crippen molar-refractivity contribution < 1.29 is 19.0 Å². The summed E-state index contributed by atoms with van der Waals surface area (Å²) >= 11 is 0. The highest BCUT2D eigenvalue weighted by atomic mass is 16.6. The standard InChI is InChI=1S/C17H26O4/c1-9-4-12-14(20-12)6-11(9)8-19-16(18)17(3)7-15-13(21-15)5-10(17)2/h9-15H,4-8H2,1-3H3. The zero-order chi connectivity index (χ0) is 14.8. The molecular weight excluding hydrogens is 268 g/mol. The molecule has 4 fully saturated rings. The first kappa shape index (κ1) is 14.0. The van der Waals surface area contributed by atoms with Gasteiger partial charge in [-0.15, -0.1) is 0 Å². The van der Waals surface area contributed by atoms with E-state index in [0.717, 1.165) is 25.7 Å². The third kappa shape index (κ3) is 2.40. The lowest BCUT2D eigenvalue weighted by molar-refractivity contribution is -0.162. The van der Waals surface area contributed by atoms with E-state index < -0.39 is 0 Å². The van der Waals surface area contributed by atoms with Gasteiger partial charge in [-0.3, -0.25) is 4.79 Å². The van der Waals surface area contributed by atoms with Gasteiger partial charge in [-0.05, 0) is 50.4 Å². The molecule has 0 radical (unpaired) electrons. The van der Waals surface area contributed by atoms with E-state index in [4.69, 9.17) is 14.2 Å². The molecule has 0 aromatic heterocycles. The number of ether oxygens (including phenoxy) is 3. The Morgan fingerprint density at radius 3 is 2.57 bits per heavy atom. The van der Waals surface area contributed by atoms with Crippen LogP contribution in [0.15, 0.2) is 0 Å². The zero-order valence-corrected chi connectivity index (χ0v) is 13.2. The summed E-state index contributed by atoms with van der Waals surface area (Å²) in [5.41, 5.74) is -0.367. The zero-order valence-electron chi connectivity index (χ0n) is 13.2. The molecule has 4 rings (SSSR count). The normalized spacial score (nSPS) is 54.3. The molecule has 0 spiro atoms. The minimum atomic E-state index is -0.367. The first-order valence-corrected chi connectivity index (χ1v) is 8.45. The Morgan fingerprint density at radius 1 is 1.10 bits per heavy atom. The maximum absolute atomic E-state index is 12.6. The summed E-state index contributed by atoms with van der Waals surface area (Å²) in [5.74, 6) is 1.38. The van der Waals surface area contributed by atoms with Crippen LogP contribution >= 0.6 is 0 Å². The maximum Gasteiger partial charge on any atom is 0.312 e. The molecule has 0 amide bonds. The van der Waals surface area contributed by atoms with E-state index in [0.29, 0.717) is 48.8 Å². The molecule has 0 aromatic rings. The van der Waals surface area contributed by atoms with Gasteiger partial charge in [0.05, 0.1) is 36.4 Å². The first-order valence-electron chi connectivity index (χ1n) is 8.45. The van der Waals surface area contributed by atoms with Gasteiger partial charge in [0.2, 0.25) is 0 Å². The van der Waals surface area contributed by atoms with Crippen molar-refractivity contribution in [3.05, 3.63) is 0 Å². The maximum atomic E-state index is 12.6. The predicted molar refractivity (Wildman–Crippen MR) is 76.7 cm³/mol. The van der Waals surface area contributed by atoms with Crippen LogP contribution in [0.2, 0.25) is 0 Å².